The maximum atomic E-state index is 14.0. The molecule has 40 heavy (non-hydrogen) atoms. The summed E-state index contributed by atoms with van der Waals surface area (Å²) in [5.74, 6) is 0.950. The van der Waals surface area contributed by atoms with Gasteiger partial charge in [-0.05, 0) is 61.4 Å². The van der Waals surface area contributed by atoms with E-state index in [0.717, 1.165) is 59.7 Å². The molecule has 1 fully saturated rings. The zero-order chi connectivity index (χ0) is 27.4. The van der Waals surface area contributed by atoms with E-state index < -0.39 is 0 Å². The van der Waals surface area contributed by atoms with Crippen LogP contribution in [0.2, 0.25) is 0 Å². The first-order valence-electron chi connectivity index (χ1n) is 13.7. The normalized spacial score (nSPS) is 14.4. The predicted molar refractivity (Wildman–Crippen MR) is 159 cm³/mol. The summed E-state index contributed by atoms with van der Waals surface area (Å²) in [4.78, 5) is 32.3. The Morgan fingerprint density at radius 1 is 0.875 bits per heavy atom. The molecule has 0 unspecified atom stereocenters. The Kier molecular flexibility index (Phi) is 5.74. The van der Waals surface area contributed by atoms with Gasteiger partial charge in [0, 0.05) is 17.6 Å². The summed E-state index contributed by atoms with van der Waals surface area (Å²) in [5.41, 5.74) is 6.93. The van der Waals surface area contributed by atoms with Gasteiger partial charge in [-0.2, -0.15) is 4.98 Å². The van der Waals surface area contributed by atoms with Crippen molar-refractivity contribution in [1.82, 2.24) is 23.9 Å². The lowest BCUT2D eigenvalue weighted by molar-refractivity contribution is -0.880. The molecule has 0 spiro atoms. The molecule has 1 aliphatic rings. The SMILES string of the molecule is Cc1cccc(C)c1-n1c(=O)c2cnc(Nc3ccc(N4CC[NH+](C)CC4)cc3)nc2n2c3ccccc3nc12. The van der Waals surface area contributed by atoms with Gasteiger partial charge in [0.25, 0.3) is 5.56 Å². The number of anilines is 3. The summed E-state index contributed by atoms with van der Waals surface area (Å²) in [7, 11) is 2.24. The zero-order valence-corrected chi connectivity index (χ0v) is 22.8. The van der Waals surface area contributed by atoms with Crippen LogP contribution in [0.3, 0.4) is 0 Å². The van der Waals surface area contributed by atoms with Crippen LogP contribution in [-0.4, -0.2) is 57.1 Å². The number of likely N-dealkylation sites (N-methyl/N-ethyl adjacent to an activating group) is 1. The van der Waals surface area contributed by atoms with Crippen molar-refractivity contribution >= 4 is 45.2 Å². The quantitative estimate of drug-likeness (QED) is 0.363. The fourth-order valence-electron chi connectivity index (χ4n) is 5.73. The van der Waals surface area contributed by atoms with Gasteiger partial charge >= 0.3 is 0 Å². The number of quaternary nitrogens is 1. The summed E-state index contributed by atoms with van der Waals surface area (Å²) in [6.45, 7) is 8.43. The van der Waals surface area contributed by atoms with Gasteiger partial charge in [-0.3, -0.25) is 9.20 Å². The molecular formula is C31H31N8O+. The molecule has 0 bridgehead atoms. The Labute approximate surface area is 231 Å². The van der Waals surface area contributed by atoms with Crippen molar-refractivity contribution in [2.75, 3.05) is 43.4 Å². The van der Waals surface area contributed by atoms with Gasteiger partial charge in [0.1, 0.15) is 5.39 Å². The molecule has 7 rings (SSSR count). The van der Waals surface area contributed by atoms with Crippen molar-refractivity contribution in [2.24, 2.45) is 0 Å². The summed E-state index contributed by atoms with van der Waals surface area (Å²) >= 11 is 0. The lowest BCUT2D eigenvalue weighted by Crippen LogP contribution is -3.12. The van der Waals surface area contributed by atoms with E-state index in [9.17, 15) is 4.79 Å². The van der Waals surface area contributed by atoms with E-state index in [1.54, 1.807) is 15.7 Å². The first-order chi connectivity index (χ1) is 19.5. The minimum absolute atomic E-state index is 0.194. The fourth-order valence-corrected chi connectivity index (χ4v) is 5.73. The third kappa shape index (κ3) is 3.97. The highest BCUT2D eigenvalue weighted by molar-refractivity contribution is 5.88. The molecule has 3 aromatic carbocycles. The van der Waals surface area contributed by atoms with Gasteiger partial charge in [-0.1, -0.05) is 30.3 Å². The van der Waals surface area contributed by atoms with E-state index in [1.807, 2.05) is 60.7 Å². The van der Waals surface area contributed by atoms with Crippen LogP contribution in [0.25, 0.3) is 33.5 Å². The van der Waals surface area contributed by atoms with Crippen molar-refractivity contribution in [3.8, 4) is 5.69 Å². The lowest BCUT2D eigenvalue weighted by atomic mass is 10.1. The molecule has 0 amide bonds. The molecule has 1 saturated heterocycles. The third-order valence-corrected chi connectivity index (χ3v) is 7.93. The second-order valence-corrected chi connectivity index (χ2v) is 10.7. The van der Waals surface area contributed by atoms with E-state index in [1.165, 1.54) is 5.69 Å². The average molecular weight is 532 g/mol. The monoisotopic (exact) mass is 531 g/mol. The molecule has 3 aromatic heterocycles. The number of benzene rings is 3. The van der Waals surface area contributed by atoms with E-state index in [2.05, 4.69) is 46.5 Å². The molecule has 6 aromatic rings. The number of piperazine rings is 1. The maximum absolute atomic E-state index is 14.0. The number of aryl methyl sites for hydroxylation is 2. The van der Waals surface area contributed by atoms with E-state index in [4.69, 9.17) is 9.97 Å². The number of imidazole rings is 1. The summed E-state index contributed by atoms with van der Waals surface area (Å²) in [6.07, 6.45) is 1.62. The molecule has 200 valence electrons. The molecule has 4 heterocycles. The maximum Gasteiger partial charge on any atom is 0.270 e. The summed E-state index contributed by atoms with van der Waals surface area (Å²) in [6, 6.07) is 22.3. The van der Waals surface area contributed by atoms with Gasteiger partial charge in [0.2, 0.25) is 11.7 Å². The second kappa shape index (κ2) is 9.46. The second-order valence-electron chi connectivity index (χ2n) is 10.7. The molecule has 1 aliphatic heterocycles. The van der Waals surface area contributed by atoms with Gasteiger partial charge in [-0.25, -0.2) is 14.5 Å². The van der Waals surface area contributed by atoms with E-state index >= 15 is 0 Å². The number of fused-ring (bicyclic) bond motifs is 5. The van der Waals surface area contributed by atoms with Crippen molar-refractivity contribution in [3.63, 3.8) is 0 Å². The highest BCUT2D eigenvalue weighted by Gasteiger charge is 2.21. The Bertz CT molecular complexity index is 1930. The van der Waals surface area contributed by atoms with Gasteiger partial charge in [0.15, 0.2) is 5.65 Å². The number of rotatable bonds is 4. The van der Waals surface area contributed by atoms with Crippen molar-refractivity contribution < 1.29 is 4.90 Å². The number of aromatic nitrogens is 5. The molecule has 9 nitrogen and oxygen atoms in total. The largest absolute Gasteiger partial charge is 0.360 e. The minimum Gasteiger partial charge on any atom is -0.360 e. The Hall–Kier alpha value is -4.76. The zero-order valence-electron chi connectivity index (χ0n) is 22.8. The lowest BCUT2D eigenvalue weighted by Gasteiger charge is -2.31. The first-order valence-corrected chi connectivity index (χ1v) is 13.7. The van der Waals surface area contributed by atoms with Gasteiger partial charge in [-0.15, -0.1) is 0 Å². The van der Waals surface area contributed by atoms with Crippen LogP contribution in [0, 0.1) is 13.8 Å². The number of para-hydroxylation sites is 3. The van der Waals surface area contributed by atoms with Crippen molar-refractivity contribution in [2.45, 2.75) is 13.8 Å². The van der Waals surface area contributed by atoms with Crippen LogP contribution in [0.5, 0.6) is 0 Å². The summed E-state index contributed by atoms with van der Waals surface area (Å²) < 4.78 is 3.66. The van der Waals surface area contributed by atoms with E-state index in [0.29, 0.717) is 22.8 Å². The molecule has 0 atom stereocenters. The standard InChI is InChI=1S/C31H30N8O/c1-20-7-6-8-21(2)27(20)39-29(40)24-19-32-30(35-28(24)38-26-10-5-4-9-25(26)34-31(38)39)33-22-11-13-23(14-12-22)37-17-15-36(3)16-18-37/h4-14,19H,15-18H2,1-3H3,(H,32,33,35)/p+1. The van der Waals surface area contributed by atoms with Crippen LogP contribution in [0.15, 0.2) is 77.7 Å². The molecule has 2 N–H and O–H groups in total. The number of nitrogens with one attached hydrogen (secondary N) is 2. The number of hydrogen-bond acceptors (Lipinski definition) is 6. The molecule has 0 saturated carbocycles. The molecular weight excluding hydrogens is 500 g/mol. The Morgan fingerprint density at radius 2 is 1.60 bits per heavy atom. The van der Waals surface area contributed by atoms with Crippen molar-refractivity contribution in [1.29, 1.82) is 0 Å². The third-order valence-electron chi connectivity index (χ3n) is 7.93. The molecule has 0 radical (unpaired) electrons. The van der Waals surface area contributed by atoms with Crippen molar-refractivity contribution in [3.05, 3.63) is 94.4 Å². The van der Waals surface area contributed by atoms with Crippen LogP contribution in [0.4, 0.5) is 17.3 Å². The summed E-state index contributed by atoms with van der Waals surface area (Å²) in [5, 5.41) is 3.76. The highest BCUT2D eigenvalue weighted by atomic mass is 16.1. The molecule has 9 heteroatoms. The topological polar surface area (TPSA) is 84.8 Å². The van der Waals surface area contributed by atoms with Crippen LogP contribution in [0.1, 0.15) is 11.1 Å². The minimum atomic E-state index is -0.194. The smallest absolute Gasteiger partial charge is 0.270 e. The average Bonchev–Trinajstić information content (AvgIpc) is 3.35. The molecule has 0 aliphatic carbocycles. The van der Waals surface area contributed by atoms with Crippen LogP contribution in [-0.2, 0) is 0 Å². The van der Waals surface area contributed by atoms with E-state index in [-0.39, 0.29) is 5.56 Å². The number of hydrogen-bond donors (Lipinski definition) is 2. The van der Waals surface area contributed by atoms with Crippen LogP contribution < -0.4 is 20.7 Å². The Balaban J connectivity index is 1.35. The van der Waals surface area contributed by atoms with Gasteiger partial charge < -0.3 is 15.1 Å². The Morgan fingerprint density at radius 3 is 2.35 bits per heavy atom. The predicted octanol–water partition coefficient (Wildman–Crippen LogP) is 3.28. The van der Waals surface area contributed by atoms with Gasteiger partial charge in [0.05, 0.1) is 49.9 Å². The first kappa shape index (κ1) is 24.3. The van der Waals surface area contributed by atoms with Crippen LogP contribution >= 0.6 is 0 Å². The fraction of sp³-hybridized carbons (Fsp3) is 0.226. The highest BCUT2D eigenvalue weighted by Crippen LogP contribution is 2.26. The number of nitrogens with zero attached hydrogens (tertiary/aromatic N) is 6.